The van der Waals surface area contributed by atoms with Gasteiger partial charge in [-0.3, -0.25) is 5.01 Å². The molecule has 0 aromatic heterocycles. The van der Waals surface area contributed by atoms with Crippen molar-refractivity contribution in [1.82, 2.24) is 9.42 Å². The second-order valence-electron chi connectivity index (χ2n) is 1.63. The van der Waals surface area contributed by atoms with Gasteiger partial charge in [0.25, 0.3) is 0 Å². The van der Waals surface area contributed by atoms with Crippen LogP contribution in [0.3, 0.4) is 0 Å². The number of hydrogen-bond donors (Lipinski definition) is 0. The highest BCUT2D eigenvalue weighted by Gasteiger charge is 2.09. The summed E-state index contributed by atoms with van der Waals surface area (Å²) >= 11 is 6.23. The van der Waals surface area contributed by atoms with Gasteiger partial charge in [-0.2, -0.15) is 4.41 Å². The van der Waals surface area contributed by atoms with Gasteiger partial charge in [0, 0.05) is 13.6 Å². The summed E-state index contributed by atoms with van der Waals surface area (Å²) in [5.41, 5.74) is 2.59. The van der Waals surface area contributed by atoms with E-state index in [0.717, 1.165) is 6.54 Å². The van der Waals surface area contributed by atoms with Gasteiger partial charge in [-0.05, 0) is 17.4 Å². The van der Waals surface area contributed by atoms with Crippen LogP contribution in [-0.4, -0.2) is 28.5 Å². The highest BCUT2D eigenvalue weighted by Crippen LogP contribution is 2.18. The lowest BCUT2D eigenvalue weighted by atomic mass is 10.7. The average molecular weight is 159 g/mol. The van der Waals surface area contributed by atoms with Crippen molar-refractivity contribution in [2.75, 3.05) is 13.6 Å². The van der Waals surface area contributed by atoms with Crippen molar-refractivity contribution in [1.29, 1.82) is 0 Å². The van der Waals surface area contributed by atoms with Gasteiger partial charge < -0.3 is 0 Å². The number of thiocarbonyl (C=S) groups is 1. The Morgan fingerprint density at radius 1 is 1.89 bits per heavy atom. The molecule has 1 aliphatic heterocycles. The van der Waals surface area contributed by atoms with E-state index in [1.807, 2.05) is 16.9 Å². The van der Waals surface area contributed by atoms with Crippen molar-refractivity contribution < 1.29 is 0 Å². The maximum absolute atomic E-state index is 4.60. The van der Waals surface area contributed by atoms with E-state index in [4.69, 9.17) is 0 Å². The molecule has 1 radical (unpaired) electrons. The summed E-state index contributed by atoms with van der Waals surface area (Å²) in [4.78, 5) is 0. The molecule has 1 rings (SSSR count). The van der Waals surface area contributed by atoms with Crippen LogP contribution in [0.4, 0.5) is 0 Å². The predicted octanol–water partition coefficient (Wildman–Crippen LogP) is 1.14. The average Bonchev–Trinajstić information content (AvgIpc) is 2.37. The van der Waals surface area contributed by atoms with Gasteiger partial charge >= 0.3 is 0 Å². The topological polar surface area (TPSA) is 6.48 Å². The summed E-state index contributed by atoms with van der Waals surface area (Å²) in [6.45, 7) is 0.921. The molecule has 0 atom stereocenters. The molecular weight excluding hydrogens is 152 g/mol. The molecule has 0 spiro atoms. The Kier molecular flexibility index (Phi) is 2.50. The maximum atomic E-state index is 4.60. The molecule has 4 heteroatoms. The van der Waals surface area contributed by atoms with Crippen molar-refractivity contribution >= 4 is 29.7 Å². The monoisotopic (exact) mass is 159 g/mol. The zero-order valence-electron chi connectivity index (χ0n) is 5.07. The second kappa shape index (κ2) is 3.20. The van der Waals surface area contributed by atoms with Crippen LogP contribution in [0.2, 0.25) is 0 Å². The number of hydrogen-bond acceptors (Lipinski definition) is 3. The van der Waals surface area contributed by atoms with Crippen LogP contribution < -0.4 is 0 Å². The van der Waals surface area contributed by atoms with Crippen LogP contribution in [0.15, 0.2) is 11.5 Å². The molecular formula is C5H7N2S2. The standard InChI is InChI=1S/C5H7N2S2/c1-6(5-8)7-3-2-4-9-7/h2,4H,3H2,1H3. The molecule has 0 unspecified atom stereocenters. The summed E-state index contributed by atoms with van der Waals surface area (Å²) < 4.78 is 2.01. The van der Waals surface area contributed by atoms with Crippen LogP contribution in [-0.2, 0) is 0 Å². The Hall–Kier alpha value is -0.0600. The molecule has 0 aromatic rings. The lowest BCUT2D eigenvalue weighted by molar-refractivity contribution is 0.240. The van der Waals surface area contributed by atoms with E-state index in [0.29, 0.717) is 0 Å². The Morgan fingerprint density at radius 3 is 3.11 bits per heavy atom. The maximum Gasteiger partial charge on any atom is 0.153 e. The fourth-order valence-electron chi connectivity index (χ4n) is 0.528. The highest BCUT2D eigenvalue weighted by atomic mass is 32.2. The first-order valence-corrected chi connectivity index (χ1v) is 3.80. The Balaban J connectivity index is 2.35. The van der Waals surface area contributed by atoms with Gasteiger partial charge in [0.15, 0.2) is 5.49 Å². The second-order valence-corrected chi connectivity index (χ2v) is 2.71. The molecule has 49 valence electrons. The van der Waals surface area contributed by atoms with Crippen LogP contribution in [0.1, 0.15) is 0 Å². The van der Waals surface area contributed by atoms with E-state index < -0.39 is 0 Å². The lowest BCUT2D eigenvalue weighted by Crippen LogP contribution is -2.30. The van der Waals surface area contributed by atoms with Gasteiger partial charge in [0.1, 0.15) is 0 Å². The number of rotatable bonds is 2. The molecule has 0 bridgehead atoms. The fraction of sp³-hybridized carbons (Fsp3) is 0.400. The van der Waals surface area contributed by atoms with E-state index in [-0.39, 0.29) is 0 Å². The Morgan fingerprint density at radius 2 is 2.67 bits per heavy atom. The fourth-order valence-corrected chi connectivity index (χ4v) is 1.35. The third-order valence-electron chi connectivity index (χ3n) is 1.01. The third-order valence-corrected chi connectivity index (χ3v) is 2.22. The van der Waals surface area contributed by atoms with Crippen LogP contribution in [0.25, 0.3) is 0 Å². The van der Waals surface area contributed by atoms with E-state index in [1.165, 1.54) is 0 Å². The molecule has 2 nitrogen and oxygen atoms in total. The molecule has 0 N–H and O–H groups in total. The molecule has 0 aromatic carbocycles. The summed E-state index contributed by atoms with van der Waals surface area (Å²) in [5.74, 6) is 0. The lowest BCUT2D eigenvalue weighted by Gasteiger charge is -2.21. The zero-order chi connectivity index (χ0) is 6.69. The molecule has 0 saturated carbocycles. The summed E-state index contributed by atoms with van der Waals surface area (Å²) in [6, 6.07) is 0. The molecule has 0 fully saturated rings. The van der Waals surface area contributed by atoms with Crippen LogP contribution >= 0.6 is 24.2 Å². The molecule has 1 heterocycles. The zero-order valence-corrected chi connectivity index (χ0v) is 6.71. The van der Waals surface area contributed by atoms with Crippen LogP contribution in [0, 0.1) is 0 Å². The van der Waals surface area contributed by atoms with Gasteiger partial charge in [-0.25, -0.2) is 0 Å². The molecule has 0 aliphatic carbocycles. The molecule has 9 heavy (non-hydrogen) atoms. The summed E-state index contributed by atoms with van der Waals surface area (Å²) in [7, 11) is 1.88. The van der Waals surface area contributed by atoms with Gasteiger partial charge in [0.05, 0.1) is 0 Å². The van der Waals surface area contributed by atoms with Crippen molar-refractivity contribution in [3.05, 3.63) is 11.5 Å². The third kappa shape index (κ3) is 1.67. The minimum atomic E-state index is 0.921. The first-order chi connectivity index (χ1) is 4.34. The molecule has 0 saturated heterocycles. The number of nitrogens with zero attached hydrogens (tertiary/aromatic N) is 2. The predicted molar refractivity (Wildman–Crippen MR) is 43.8 cm³/mol. The largest absolute Gasteiger partial charge is 0.286 e. The first-order valence-electron chi connectivity index (χ1n) is 2.55. The van der Waals surface area contributed by atoms with Gasteiger partial charge in [0.2, 0.25) is 0 Å². The van der Waals surface area contributed by atoms with Crippen molar-refractivity contribution in [2.45, 2.75) is 0 Å². The van der Waals surface area contributed by atoms with Crippen molar-refractivity contribution in [3.63, 3.8) is 0 Å². The normalized spacial score (nSPS) is 18.3. The van der Waals surface area contributed by atoms with E-state index in [1.54, 1.807) is 17.0 Å². The molecule has 0 amide bonds. The summed E-state index contributed by atoms with van der Waals surface area (Å²) in [6.07, 6.45) is 2.08. The van der Waals surface area contributed by atoms with Crippen molar-refractivity contribution in [3.8, 4) is 0 Å². The van der Waals surface area contributed by atoms with Crippen LogP contribution in [0.5, 0.6) is 0 Å². The minimum absolute atomic E-state index is 0.921. The van der Waals surface area contributed by atoms with E-state index in [2.05, 4.69) is 23.8 Å². The van der Waals surface area contributed by atoms with E-state index >= 15 is 0 Å². The highest BCUT2D eigenvalue weighted by molar-refractivity contribution is 8.00. The van der Waals surface area contributed by atoms with Gasteiger partial charge in [-0.1, -0.05) is 18.3 Å². The minimum Gasteiger partial charge on any atom is -0.286 e. The molecule has 1 aliphatic rings. The SMILES string of the molecule is CN([C]=S)N1CC=CS1. The Labute approximate surface area is 64.6 Å². The quantitative estimate of drug-likeness (QED) is 0.338. The Bertz CT molecular complexity index is 127. The summed E-state index contributed by atoms with van der Waals surface area (Å²) in [5, 5.41) is 3.79. The van der Waals surface area contributed by atoms with Crippen molar-refractivity contribution in [2.24, 2.45) is 0 Å². The van der Waals surface area contributed by atoms with Gasteiger partial charge in [-0.15, -0.1) is 0 Å². The smallest absolute Gasteiger partial charge is 0.153 e. The van der Waals surface area contributed by atoms with E-state index in [9.17, 15) is 0 Å². The first kappa shape index (κ1) is 7.05. The number of hydrazine groups is 1.